The second-order valence-corrected chi connectivity index (χ2v) is 9.66. The molecular weight excluding hydrogens is 435 g/mol. The number of aliphatic hydroxyl groups excluding tert-OH is 4. The van der Waals surface area contributed by atoms with Crippen LogP contribution in [-0.2, 0) is 11.2 Å². The van der Waals surface area contributed by atoms with Crippen molar-refractivity contribution < 1.29 is 34.7 Å². The molecule has 5 N–H and O–H groups in total. The van der Waals surface area contributed by atoms with Crippen molar-refractivity contribution in [2.24, 2.45) is 0 Å². The van der Waals surface area contributed by atoms with Crippen LogP contribution in [0.1, 0.15) is 18.2 Å². The molecule has 6 nitrogen and oxygen atoms in total. The van der Waals surface area contributed by atoms with E-state index in [0.29, 0.717) is 6.42 Å². The Bertz CT molecular complexity index is 1010. The highest BCUT2D eigenvalue weighted by atomic mass is 32.1. The van der Waals surface area contributed by atoms with E-state index in [1.54, 1.807) is 29.5 Å². The highest BCUT2D eigenvalue weighted by Gasteiger charge is 2.52. The lowest BCUT2D eigenvalue weighted by Gasteiger charge is -2.47. The molecule has 2 aromatic rings. The Hall–Kier alpha value is -1.91. The normalized spacial score (nSPS) is 33.0. The Morgan fingerprint density at radius 1 is 1.06 bits per heavy atom. The Morgan fingerprint density at radius 3 is 2.47 bits per heavy atom. The number of rotatable bonds is 5. The fourth-order valence-electron chi connectivity index (χ4n) is 4.29. The molecule has 1 unspecified atom stereocenters. The molecule has 0 radical (unpaired) electrons. The quantitative estimate of drug-likeness (QED) is 0.465. The van der Waals surface area contributed by atoms with Crippen LogP contribution in [-0.4, -0.2) is 68.3 Å². The molecule has 8 heteroatoms. The van der Waals surface area contributed by atoms with Gasteiger partial charge in [-0.25, -0.2) is 4.39 Å². The number of benzene rings is 1. The molecule has 4 rings (SSSR count). The van der Waals surface area contributed by atoms with Gasteiger partial charge in [-0.1, -0.05) is 29.4 Å². The minimum absolute atomic E-state index is 0.168. The molecule has 2 heterocycles. The molecule has 0 bridgehead atoms. The summed E-state index contributed by atoms with van der Waals surface area (Å²) in [7, 11) is 0. The third-order valence-corrected chi connectivity index (χ3v) is 7.37. The Labute approximate surface area is 189 Å². The Balaban J connectivity index is 1.53. The first kappa shape index (κ1) is 23.3. The van der Waals surface area contributed by atoms with Crippen LogP contribution >= 0.6 is 11.3 Å². The van der Waals surface area contributed by atoms with Gasteiger partial charge in [-0.2, -0.15) is 0 Å². The second-order valence-electron chi connectivity index (χ2n) is 8.49. The summed E-state index contributed by atoms with van der Waals surface area (Å²) in [5.74, 6) is -0.284. The average molecular weight is 463 g/mol. The van der Waals surface area contributed by atoms with Crippen molar-refractivity contribution in [2.75, 3.05) is 6.61 Å². The Morgan fingerprint density at radius 2 is 1.78 bits per heavy atom. The summed E-state index contributed by atoms with van der Waals surface area (Å²) in [5, 5.41) is 51.5. The maximum Gasteiger partial charge on any atom is 0.123 e. The number of hydrogen-bond donors (Lipinski definition) is 5. The molecule has 0 amide bonds. The second kappa shape index (κ2) is 9.15. The molecule has 6 atom stereocenters. The molecule has 32 heavy (non-hydrogen) atoms. The van der Waals surface area contributed by atoms with E-state index in [9.17, 15) is 29.9 Å². The predicted octanol–water partition coefficient (Wildman–Crippen LogP) is 1.95. The maximum atomic E-state index is 13.2. The molecule has 2 aliphatic rings. The summed E-state index contributed by atoms with van der Waals surface area (Å²) in [5.41, 5.74) is 1.24. The lowest BCUT2D eigenvalue weighted by atomic mass is 9.77. The summed E-state index contributed by atoms with van der Waals surface area (Å²) < 4.78 is 18.8. The van der Waals surface area contributed by atoms with Crippen molar-refractivity contribution in [3.05, 3.63) is 70.4 Å². The third-order valence-electron chi connectivity index (χ3n) is 6.24. The molecule has 1 aliphatic carbocycles. The van der Waals surface area contributed by atoms with Crippen molar-refractivity contribution in [3.8, 4) is 10.4 Å². The fraction of sp³-hybridized carbons (Fsp3) is 0.417. The number of thiophene rings is 1. The zero-order valence-corrected chi connectivity index (χ0v) is 18.4. The standard InChI is InChI=1S/C24H27FO6S/c1-13-8-9-24(30,23-22(29)21(28)20(27)18(12-26)31-23)11-15(13)10-17-6-7-19(32-17)14-2-4-16(25)5-3-14/h2-9,18,20-23,26-30H,10-12H2,1H3/t18-,20-,21+,22-,23-,24?/m1/s1. The van der Waals surface area contributed by atoms with Gasteiger partial charge in [0.25, 0.3) is 0 Å². The van der Waals surface area contributed by atoms with Gasteiger partial charge < -0.3 is 30.3 Å². The molecule has 1 fully saturated rings. The summed E-state index contributed by atoms with van der Waals surface area (Å²) >= 11 is 1.58. The molecule has 0 saturated carbocycles. The van der Waals surface area contributed by atoms with Crippen LogP contribution in [0.2, 0.25) is 0 Å². The van der Waals surface area contributed by atoms with E-state index in [1.807, 2.05) is 19.1 Å². The summed E-state index contributed by atoms with van der Waals surface area (Å²) in [4.78, 5) is 2.07. The van der Waals surface area contributed by atoms with E-state index in [-0.39, 0.29) is 12.2 Å². The van der Waals surface area contributed by atoms with Crippen LogP contribution in [0.4, 0.5) is 4.39 Å². The van der Waals surface area contributed by atoms with E-state index >= 15 is 0 Å². The summed E-state index contributed by atoms with van der Waals surface area (Å²) in [6.45, 7) is 1.39. The topological polar surface area (TPSA) is 110 Å². The van der Waals surface area contributed by atoms with Gasteiger partial charge in [0, 0.05) is 22.6 Å². The van der Waals surface area contributed by atoms with E-state index < -0.39 is 42.7 Å². The van der Waals surface area contributed by atoms with Crippen LogP contribution in [0.15, 0.2) is 59.7 Å². The minimum atomic E-state index is -1.61. The zero-order valence-electron chi connectivity index (χ0n) is 17.6. The summed E-state index contributed by atoms with van der Waals surface area (Å²) in [6.07, 6.45) is -2.80. The third kappa shape index (κ3) is 4.45. The van der Waals surface area contributed by atoms with Gasteiger partial charge in [0.2, 0.25) is 0 Å². The van der Waals surface area contributed by atoms with Gasteiger partial charge >= 0.3 is 0 Å². The van der Waals surface area contributed by atoms with Crippen molar-refractivity contribution >= 4 is 11.3 Å². The van der Waals surface area contributed by atoms with E-state index in [2.05, 4.69) is 0 Å². The summed E-state index contributed by atoms with van der Waals surface area (Å²) in [6, 6.07) is 10.3. The van der Waals surface area contributed by atoms with Crippen LogP contribution < -0.4 is 0 Å². The number of hydrogen-bond acceptors (Lipinski definition) is 7. The first-order valence-electron chi connectivity index (χ1n) is 10.5. The van der Waals surface area contributed by atoms with Crippen LogP contribution in [0.25, 0.3) is 10.4 Å². The number of ether oxygens (including phenoxy) is 1. The smallest absolute Gasteiger partial charge is 0.123 e. The molecular formula is C24H27FO6S. The fourth-order valence-corrected chi connectivity index (χ4v) is 5.35. The number of aliphatic hydroxyl groups is 5. The number of halogens is 1. The monoisotopic (exact) mass is 462 g/mol. The number of allylic oxidation sites excluding steroid dienone is 2. The van der Waals surface area contributed by atoms with Crippen LogP contribution in [0, 0.1) is 5.82 Å². The highest BCUT2D eigenvalue weighted by Crippen LogP contribution is 2.39. The molecule has 1 aliphatic heterocycles. The van der Waals surface area contributed by atoms with Crippen molar-refractivity contribution in [1.82, 2.24) is 0 Å². The largest absolute Gasteiger partial charge is 0.394 e. The van der Waals surface area contributed by atoms with E-state index in [1.165, 1.54) is 18.2 Å². The van der Waals surface area contributed by atoms with Crippen LogP contribution in [0.5, 0.6) is 0 Å². The van der Waals surface area contributed by atoms with Crippen molar-refractivity contribution in [2.45, 2.75) is 55.9 Å². The Kier molecular flexibility index (Phi) is 6.65. The van der Waals surface area contributed by atoms with Gasteiger partial charge in [0.05, 0.1) is 6.61 Å². The van der Waals surface area contributed by atoms with Gasteiger partial charge in [0.1, 0.15) is 41.9 Å². The van der Waals surface area contributed by atoms with Gasteiger partial charge in [0.15, 0.2) is 0 Å². The molecule has 0 spiro atoms. The van der Waals surface area contributed by atoms with Gasteiger partial charge in [-0.05, 0) is 42.8 Å². The van der Waals surface area contributed by atoms with Crippen molar-refractivity contribution in [3.63, 3.8) is 0 Å². The van der Waals surface area contributed by atoms with Crippen LogP contribution in [0.3, 0.4) is 0 Å². The van der Waals surface area contributed by atoms with E-state index in [0.717, 1.165) is 26.5 Å². The minimum Gasteiger partial charge on any atom is -0.394 e. The van der Waals surface area contributed by atoms with E-state index in [4.69, 9.17) is 4.74 Å². The maximum absolute atomic E-state index is 13.2. The first-order chi connectivity index (χ1) is 15.2. The molecule has 1 saturated heterocycles. The molecule has 1 aromatic heterocycles. The lowest BCUT2D eigenvalue weighted by molar-refractivity contribution is -0.261. The lowest BCUT2D eigenvalue weighted by Crippen LogP contribution is -2.65. The van der Waals surface area contributed by atoms with Crippen molar-refractivity contribution in [1.29, 1.82) is 0 Å². The average Bonchev–Trinajstić information content (AvgIpc) is 3.24. The van der Waals surface area contributed by atoms with Gasteiger partial charge in [-0.15, -0.1) is 11.3 Å². The molecule has 172 valence electrons. The zero-order chi connectivity index (χ0) is 23.0. The highest BCUT2D eigenvalue weighted by molar-refractivity contribution is 7.15. The first-order valence-corrected chi connectivity index (χ1v) is 11.3. The van der Waals surface area contributed by atoms with Gasteiger partial charge in [-0.3, -0.25) is 0 Å². The molecule has 1 aromatic carbocycles. The predicted molar refractivity (Wildman–Crippen MR) is 119 cm³/mol. The SMILES string of the molecule is CC1=C(Cc2ccc(-c3ccc(F)cc3)s2)CC(O)([C@@H]2O[C@H](CO)[C@@H](O)[C@H](O)[C@H]2O)C=C1.